The lowest BCUT2D eigenvalue weighted by Gasteiger charge is -2.11. The molecule has 0 spiro atoms. The molecule has 0 radical (unpaired) electrons. The number of benzene rings is 1. The SMILES string of the molecule is COc1ccc(C(N)CO)c(C=O)c1. The molecule has 3 N–H and O–H groups in total. The third kappa shape index (κ3) is 2.10. The summed E-state index contributed by atoms with van der Waals surface area (Å²) < 4.78 is 4.96. The van der Waals surface area contributed by atoms with Gasteiger partial charge in [-0.25, -0.2) is 0 Å². The summed E-state index contributed by atoms with van der Waals surface area (Å²) in [6.07, 6.45) is 0.702. The van der Waals surface area contributed by atoms with Crippen LogP contribution < -0.4 is 10.5 Å². The molecular formula is C10H13NO3. The van der Waals surface area contributed by atoms with Crippen LogP contribution >= 0.6 is 0 Å². The lowest BCUT2D eigenvalue weighted by atomic mass is 10.0. The van der Waals surface area contributed by atoms with Gasteiger partial charge >= 0.3 is 0 Å². The van der Waals surface area contributed by atoms with E-state index in [1.807, 2.05) is 0 Å². The molecule has 0 aliphatic heterocycles. The van der Waals surface area contributed by atoms with E-state index in [9.17, 15) is 4.79 Å². The molecule has 1 unspecified atom stereocenters. The zero-order valence-electron chi connectivity index (χ0n) is 7.93. The molecule has 0 aliphatic carbocycles. The van der Waals surface area contributed by atoms with E-state index >= 15 is 0 Å². The van der Waals surface area contributed by atoms with Crippen molar-refractivity contribution in [2.45, 2.75) is 6.04 Å². The maximum Gasteiger partial charge on any atom is 0.150 e. The van der Waals surface area contributed by atoms with Gasteiger partial charge in [0.15, 0.2) is 6.29 Å². The van der Waals surface area contributed by atoms with Gasteiger partial charge in [0.1, 0.15) is 5.75 Å². The molecule has 0 amide bonds. The Balaban J connectivity index is 3.11. The number of ether oxygens (including phenoxy) is 1. The van der Waals surface area contributed by atoms with E-state index in [0.717, 1.165) is 0 Å². The molecule has 0 fully saturated rings. The Kier molecular flexibility index (Phi) is 3.62. The van der Waals surface area contributed by atoms with E-state index in [1.165, 1.54) is 7.11 Å². The Bertz CT molecular complexity index is 325. The van der Waals surface area contributed by atoms with Gasteiger partial charge < -0.3 is 15.6 Å². The van der Waals surface area contributed by atoms with Crippen LogP contribution in [-0.4, -0.2) is 25.1 Å². The summed E-state index contributed by atoms with van der Waals surface area (Å²) in [6, 6.07) is 4.46. The molecule has 4 nitrogen and oxygen atoms in total. The van der Waals surface area contributed by atoms with Crippen LogP contribution in [0.2, 0.25) is 0 Å². The van der Waals surface area contributed by atoms with Gasteiger partial charge in [-0.15, -0.1) is 0 Å². The highest BCUT2D eigenvalue weighted by molar-refractivity contribution is 5.78. The lowest BCUT2D eigenvalue weighted by Crippen LogP contribution is -2.16. The second kappa shape index (κ2) is 4.74. The molecule has 14 heavy (non-hydrogen) atoms. The van der Waals surface area contributed by atoms with Crippen molar-refractivity contribution in [3.8, 4) is 5.75 Å². The third-order valence-electron chi connectivity index (χ3n) is 2.02. The number of hydrogen-bond donors (Lipinski definition) is 2. The van der Waals surface area contributed by atoms with Crippen molar-refractivity contribution >= 4 is 6.29 Å². The number of methoxy groups -OCH3 is 1. The Morgan fingerprint density at radius 3 is 2.86 bits per heavy atom. The van der Waals surface area contributed by atoms with E-state index in [-0.39, 0.29) is 6.61 Å². The van der Waals surface area contributed by atoms with Gasteiger partial charge in [-0.2, -0.15) is 0 Å². The van der Waals surface area contributed by atoms with Crippen molar-refractivity contribution < 1.29 is 14.6 Å². The van der Waals surface area contributed by atoms with E-state index in [0.29, 0.717) is 23.2 Å². The van der Waals surface area contributed by atoms with Crippen LogP contribution in [0, 0.1) is 0 Å². The standard InChI is InChI=1S/C10H13NO3/c1-14-8-2-3-9(10(11)6-13)7(4-8)5-12/h2-5,10,13H,6,11H2,1H3. The molecule has 1 aromatic rings. The van der Waals surface area contributed by atoms with Crippen LogP contribution in [0.1, 0.15) is 22.0 Å². The van der Waals surface area contributed by atoms with Crippen LogP contribution in [0.3, 0.4) is 0 Å². The summed E-state index contributed by atoms with van der Waals surface area (Å²) in [5, 5.41) is 8.86. The predicted octanol–water partition coefficient (Wildman–Crippen LogP) is 0.500. The van der Waals surface area contributed by atoms with Crippen LogP contribution in [0.5, 0.6) is 5.75 Å². The quantitative estimate of drug-likeness (QED) is 0.686. The fraction of sp³-hybridized carbons (Fsp3) is 0.300. The Hall–Kier alpha value is -1.39. The highest BCUT2D eigenvalue weighted by Gasteiger charge is 2.10. The van der Waals surface area contributed by atoms with Gasteiger partial charge in [0.25, 0.3) is 0 Å². The summed E-state index contributed by atoms with van der Waals surface area (Å²) in [6.45, 7) is -0.187. The fourth-order valence-corrected chi connectivity index (χ4v) is 1.22. The first kappa shape index (κ1) is 10.7. The van der Waals surface area contributed by atoms with Crippen LogP contribution in [0.4, 0.5) is 0 Å². The molecule has 76 valence electrons. The molecule has 0 heterocycles. The maximum atomic E-state index is 10.7. The van der Waals surface area contributed by atoms with Crippen molar-refractivity contribution in [1.82, 2.24) is 0 Å². The molecule has 1 atom stereocenters. The van der Waals surface area contributed by atoms with Gasteiger partial charge in [0.05, 0.1) is 19.8 Å². The van der Waals surface area contributed by atoms with Crippen LogP contribution in [-0.2, 0) is 0 Å². The van der Waals surface area contributed by atoms with Gasteiger partial charge in [0.2, 0.25) is 0 Å². The highest BCUT2D eigenvalue weighted by Crippen LogP contribution is 2.20. The molecule has 4 heteroatoms. The smallest absolute Gasteiger partial charge is 0.150 e. The van der Waals surface area contributed by atoms with E-state index in [1.54, 1.807) is 18.2 Å². The molecule has 0 aromatic heterocycles. The van der Waals surface area contributed by atoms with Crippen molar-refractivity contribution in [2.24, 2.45) is 5.73 Å². The molecule has 0 bridgehead atoms. The van der Waals surface area contributed by atoms with Gasteiger partial charge in [0, 0.05) is 5.56 Å². The zero-order chi connectivity index (χ0) is 10.6. The largest absolute Gasteiger partial charge is 0.497 e. The van der Waals surface area contributed by atoms with E-state index in [2.05, 4.69) is 0 Å². The number of aldehydes is 1. The fourth-order valence-electron chi connectivity index (χ4n) is 1.22. The first-order chi connectivity index (χ1) is 6.72. The van der Waals surface area contributed by atoms with Gasteiger partial charge in [-0.05, 0) is 17.7 Å². The topological polar surface area (TPSA) is 72.6 Å². The Morgan fingerprint density at radius 2 is 2.36 bits per heavy atom. The van der Waals surface area contributed by atoms with Crippen molar-refractivity contribution in [3.63, 3.8) is 0 Å². The molecule has 0 saturated carbocycles. The van der Waals surface area contributed by atoms with Gasteiger partial charge in [-0.1, -0.05) is 6.07 Å². The van der Waals surface area contributed by atoms with Crippen molar-refractivity contribution in [3.05, 3.63) is 29.3 Å². The maximum absolute atomic E-state index is 10.7. The van der Waals surface area contributed by atoms with Crippen LogP contribution in [0.25, 0.3) is 0 Å². The molecule has 0 saturated heterocycles. The Morgan fingerprint density at radius 1 is 1.64 bits per heavy atom. The predicted molar refractivity (Wildman–Crippen MR) is 52.4 cm³/mol. The summed E-state index contributed by atoms with van der Waals surface area (Å²) in [5.74, 6) is 0.598. The monoisotopic (exact) mass is 195 g/mol. The number of carbonyl (C=O) groups is 1. The summed E-state index contributed by atoms with van der Waals surface area (Å²) >= 11 is 0. The average Bonchev–Trinajstić information content (AvgIpc) is 2.27. The Labute approximate surface area is 82.3 Å². The van der Waals surface area contributed by atoms with Crippen molar-refractivity contribution in [1.29, 1.82) is 0 Å². The van der Waals surface area contributed by atoms with E-state index < -0.39 is 6.04 Å². The van der Waals surface area contributed by atoms with E-state index in [4.69, 9.17) is 15.6 Å². The first-order valence-electron chi connectivity index (χ1n) is 4.22. The minimum atomic E-state index is -0.527. The second-order valence-corrected chi connectivity index (χ2v) is 2.90. The molecule has 0 aliphatic rings. The number of aliphatic hydroxyl groups excluding tert-OH is 1. The minimum absolute atomic E-state index is 0.187. The molecule has 1 rings (SSSR count). The zero-order valence-corrected chi connectivity index (χ0v) is 7.93. The average molecular weight is 195 g/mol. The highest BCUT2D eigenvalue weighted by atomic mass is 16.5. The van der Waals surface area contributed by atoms with Crippen LogP contribution in [0.15, 0.2) is 18.2 Å². The summed E-state index contributed by atoms with van der Waals surface area (Å²) in [7, 11) is 1.52. The summed E-state index contributed by atoms with van der Waals surface area (Å²) in [4.78, 5) is 10.7. The molecule has 1 aromatic carbocycles. The van der Waals surface area contributed by atoms with Gasteiger partial charge in [-0.3, -0.25) is 4.79 Å². The normalized spacial score (nSPS) is 12.2. The summed E-state index contributed by atoms with van der Waals surface area (Å²) in [5.41, 5.74) is 6.69. The van der Waals surface area contributed by atoms with Crippen molar-refractivity contribution in [2.75, 3.05) is 13.7 Å². The number of nitrogens with two attached hydrogens (primary N) is 1. The number of rotatable bonds is 4. The molecular weight excluding hydrogens is 182 g/mol. The number of hydrogen-bond acceptors (Lipinski definition) is 4. The number of carbonyl (C=O) groups excluding carboxylic acids is 1. The lowest BCUT2D eigenvalue weighted by molar-refractivity contribution is 0.112. The second-order valence-electron chi connectivity index (χ2n) is 2.90. The minimum Gasteiger partial charge on any atom is -0.497 e. The number of aliphatic hydroxyl groups is 1. The third-order valence-corrected chi connectivity index (χ3v) is 2.02. The first-order valence-corrected chi connectivity index (χ1v) is 4.22.